The number of fused-ring (bicyclic) bond motifs is 2. The third-order valence-electron chi connectivity index (χ3n) is 8.23. The first-order chi connectivity index (χ1) is 18.2. The summed E-state index contributed by atoms with van der Waals surface area (Å²) < 4.78 is 0. The highest BCUT2D eigenvalue weighted by atomic mass is 16.2. The van der Waals surface area contributed by atoms with E-state index in [0.717, 1.165) is 29.2 Å². The molecule has 37 heavy (non-hydrogen) atoms. The maximum atomic E-state index is 13.6. The van der Waals surface area contributed by atoms with E-state index in [4.69, 9.17) is 0 Å². The minimum atomic E-state index is 0.102. The molecule has 2 saturated heterocycles. The Kier molecular flexibility index (Phi) is 6.48. The van der Waals surface area contributed by atoms with Gasteiger partial charge in [0.15, 0.2) is 0 Å². The van der Waals surface area contributed by atoms with Crippen LogP contribution in [0.15, 0.2) is 103 Å². The van der Waals surface area contributed by atoms with Crippen LogP contribution in [0.5, 0.6) is 0 Å². The van der Waals surface area contributed by atoms with Crippen LogP contribution >= 0.6 is 0 Å². The summed E-state index contributed by atoms with van der Waals surface area (Å²) in [6, 6.07) is 35.2. The largest absolute Gasteiger partial charge is 0.338 e. The van der Waals surface area contributed by atoms with Gasteiger partial charge < -0.3 is 9.80 Å². The van der Waals surface area contributed by atoms with Crippen molar-refractivity contribution in [2.75, 3.05) is 19.6 Å². The molecule has 186 valence electrons. The minimum Gasteiger partial charge on any atom is -0.338 e. The van der Waals surface area contributed by atoms with E-state index in [1.807, 2.05) is 47.4 Å². The molecule has 2 fully saturated rings. The lowest BCUT2D eigenvalue weighted by atomic mass is 9.81. The summed E-state index contributed by atoms with van der Waals surface area (Å²) in [5, 5.41) is 2.09. The fourth-order valence-corrected chi connectivity index (χ4v) is 6.33. The van der Waals surface area contributed by atoms with Crippen LogP contribution < -0.4 is 0 Å². The molecule has 2 aliphatic rings. The van der Waals surface area contributed by atoms with Crippen molar-refractivity contribution in [3.05, 3.63) is 120 Å². The number of hydrogen-bond acceptors (Lipinski definition) is 2. The minimum absolute atomic E-state index is 0.102. The van der Waals surface area contributed by atoms with E-state index >= 15 is 0 Å². The molecule has 2 amide bonds. The van der Waals surface area contributed by atoms with Crippen LogP contribution in [0.1, 0.15) is 46.7 Å². The summed E-state index contributed by atoms with van der Waals surface area (Å²) in [5.74, 6) is 0.773. The van der Waals surface area contributed by atoms with Crippen molar-refractivity contribution in [2.45, 2.75) is 31.2 Å². The fraction of sp³-hybridized carbons (Fsp3) is 0.273. The third kappa shape index (κ3) is 4.64. The van der Waals surface area contributed by atoms with Gasteiger partial charge in [0.05, 0.1) is 0 Å². The predicted octanol–water partition coefficient (Wildman–Crippen LogP) is 6.13. The molecule has 0 saturated carbocycles. The zero-order valence-electron chi connectivity index (χ0n) is 21.0. The average molecular weight is 489 g/mol. The molecule has 2 aliphatic heterocycles. The average Bonchev–Trinajstić information content (AvgIpc) is 2.96. The number of rotatable bonds is 5. The zero-order chi connectivity index (χ0) is 25.2. The lowest BCUT2D eigenvalue weighted by molar-refractivity contribution is -0.140. The second-order valence-corrected chi connectivity index (χ2v) is 10.4. The number of carbonyl (C=O) groups is 2. The molecule has 0 N–H and O–H groups in total. The number of benzene rings is 4. The smallest absolute Gasteiger partial charge is 0.254 e. The maximum Gasteiger partial charge on any atom is 0.254 e. The van der Waals surface area contributed by atoms with E-state index in [-0.39, 0.29) is 23.8 Å². The second kappa shape index (κ2) is 10.2. The highest BCUT2D eigenvalue weighted by molar-refractivity contribution is 6.07. The van der Waals surface area contributed by atoms with Crippen molar-refractivity contribution >= 4 is 22.6 Å². The number of carbonyl (C=O) groups excluding carboxylic acids is 2. The predicted molar refractivity (Wildman–Crippen MR) is 147 cm³/mol. The monoisotopic (exact) mass is 488 g/mol. The Balaban J connectivity index is 1.23. The van der Waals surface area contributed by atoms with Gasteiger partial charge in [-0.05, 0) is 46.7 Å². The first kappa shape index (κ1) is 23.5. The summed E-state index contributed by atoms with van der Waals surface area (Å²) in [6.45, 7) is 2.05. The maximum absolute atomic E-state index is 13.6. The molecule has 4 heteroatoms. The van der Waals surface area contributed by atoms with Gasteiger partial charge in [0.25, 0.3) is 5.91 Å². The number of nitrogens with zero attached hydrogens (tertiary/aromatic N) is 2. The zero-order valence-corrected chi connectivity index (χ0v) is 21.0. The SMILES string of the molecule is O=C(c1cccc2ccccc12)N1CC[C@H]2[C@H](CCC(=O)N2CC(c2ccccc2)c2ccccc2)C1. The summed E-state index contributed by atoms with van der Waals surface area (Å²) in [7, 11) is 0. The van der Waals surface area contributed by atoms with Gasteiger partial charge in [-0.2, -0.15) is 0 Å². The molecule has 4 aromatic carbocycles. The van der Waals surface area contributed by atoms with E-state index < -0.39 is 0 Å². The van der Waals surface area contributed by atoms with Crippen LogP contribution in [0.25, 0.3) is 10.8 Å². The van der Waals surface area contributed by atoms with E-state index in [0.29, 0.717) is 32.0 Å². The fourth-order valence-electron chi connectivity index (χ4n) is 6.33. The van der Waals surface area contributed by atoms with Crippen molar-refractivity contribution in [1.82, 2.24) is 9.80 Å². The summed E-state index contributed by atoms with van der Waals surface area (Å²) >= 11 is 0. The number of likely N-dealkylation sites (tertiary alicyclic amines) is 2. The molecule has 0 radical (unpaired) electrons. The Morgan fingerprint density at radius 3 is 2.16 bits per heavy atom. The molecule has 4 nitrogen and oxygen atoms in total. The number of amides is 2. The second-order valence-electron chi connectivity index (χ2n) is 10.4. The van der Waals surface area contributed by atoms with Gasteiger partial charge in [0, 0.05) is 43.6 Å². The molecule has 0 aliphatic carbocycles. The molecule has 2 atom stereocenters. The highest BCUT2D eigenvalue weighted by Gasteiger charge is 2.41. The van der Waals surface area contributed by atoms with Crippen LogP contribution in [0.4, 0.5) is 0 Å². The van der Waals surface area contributed by atoms with Gasteiger partial charge in [-0.15, -0.1) is 0 Å². The summed E-state index contributed by atoms with van der Waals surface area (Å²) in [6.07, 6.45) is 2.22. The van der Waals surface area contributed by atoms with Gasteiger partial charge in [-0.1, -0.05) is 97.1 Å². The highest BCUT2D eigenvalue weighted by Crippen LogP contribution is 2.35. The Hall–Kier alpha value is -3.92. The first-order valence-electron chi connectivity index (χ1n) is 13.4. The molecule has 6 rings (SSSR count). The van der Waals surface area contributed by atoms with Crippen LogP contribution in [-0.2, 0) is 4.79 Å². The van der Waals surface area contributed by atoms with Gasteiger partial charge in [-0.25, -0.2) is 0 Å². The molecular formula is C33H32N2O2. The van der Waals surface area contributed by atoms with Crippen LogP contribution in [0, 0.1) is 5.92 Å². The van der Waals surface area contributed by atoms with Crippen LogP contribution in [0.3, 0.4) is 0 Å². The quantitative estimate of drug-likeness (QED) is 0.339. The van der Waals surface area contributed by atoms with E-state index in [1.54, 1.807) is 0 Å². The van der Waals surface area contributed by atoms with E-state index in [1.165, 1.54) is 11.1 Å². The van der Waals surface area contributed by atoms with Gasteiger partial charge in [-0.3, -0.25) is 9.59 Å². The molecule has 0 aromatic heterocycles. The molecule has 0 spiro atoms. The van der Waals surface area contributed by atoms with Crippen LogP contribution in [0.2, 0.25) is 0 Å². The Labute approximate surface area is 218 Å². The number of piperidine rings is 2. The molecule has 0 unspecified atom stereocenters. The molecule has 2 heterocycles. The van der Waals surface area contributed by atoms with Crippen molar-refractivity contribution in [3.8, 4) is 0 Å². The summed E-state index contributed by atoms with van der Waals surface area (Å²) in [4.78, 5) is 31.1. The van der Waals surface area contributed by atoms with E-state index in [9.17, 15) is 9.59 Å². The first-order valence-corrected chi connectivity index (χ1v) is 13.4. The van der Waals surface area contributed by atoms with Crippen LogP contribution in [-0.4, -0.2) is 47.3 Å². The lowest BCUT2D eigenvalue weighted by Crippen LogP contribution is -2.57. The van der Waals surface area contributed by atoms with Crippen molar-refractivity contribution in [3.63, 3.8) is 0 Å². The molecule has 4 aromatic rings. The normalized spacial score (nSPS) is 19.8. The van der Waals surface area contributed by atoms with Crippen molar-refractivity contribution < 1.29 is 9.59 Å². The lowest BCUT2D eigenvalue weighted by Gasteiger charge is -2.48. The Morgan fingerprint density at radius 1 is 0.784 bits per heavy atom. The van der Waals surface area contributed by atoms with Gasteiger partial charge >= 0.3 is 0 Å². The molecular weight excluding hydrogens is 456 g/mol. The van der Waals surface area contributed by atoms with Gasteiger partial charge in [0.1, 0.15) is 0 Å². The Bertz CT molecular complexity index is 1360. The summed E-state index contributed by atoms with van der Waals surface area (Å²) in [5.41, 5.74) is 3.23. The molecule has 0 bridgehead atoms. The van der Waals surface area contributed by atoms with Crippen molar-refractivity contribution in [1.29, 1.82) is 0 Å². The van der Waals surface area contributed by atoms with Gasteiger partial charge in [0.2, 0.25) is 5.91 Å². The van der Waals surface area contributed by atoms with E-state index in [2.05, 4.69) is 65.6 Å². The standard InChI is InChI=1S/C33H32N2O2/c36-32-19-18-27-22-34(33(37)29-17-9-15-24-14-7-8-16-28(24)29)21-20-31(27)35(32)23-30(25-10-3-1-4-11-25)26-12-5-2-6-13-26/h1-17,27,30-31H,18-23H2/t27-,31+/m1/s1. The third-order valence-corrected chi connectivity index (χ3v) is 8.23. The van der Waals surface area contributed by atoms with Crippen molar-refractivity contribution in [2.24, 2.45) is 5.92 Å². The Morgan fingerprint density at radius 2 is 1.43 bits per heavy atom. The topological polar surface area (TPSA) is 40.6 Å². The number of hydrogen-bond donors (Lipinski definition) is 0.